The van der Waals surface area contributed by atoms with Gasteiger partial charge in [-0.15, -0.1) is 0 Å². The number of rotatable bonds is 5. The molecule has 0 spiro atoms. The van der Waals surface area contributed by atoms with E-state index in [-0.39, 0.29) is 12.5 Å². The minimum Gasteiger partial charge on any atom is -0.395 e. The zero-order valence-electron chi connectivity index (χ0n) is 9.31. The first kappa shape index (κ1) is 12.5. The molecule has 0 saturated carbocycles. The monoisotopic (exact) mass is 223 g/mol. The maximum atomic E-state index is 11.9. The fourth-order valence-electron chi connectivity index (χ4n) is 1.42. The largest absolute Gasteiger partial charge is 0.395 e. The van der Waals surface area contributed by atoms with Crippen molar-refractivity contribution in [2.24, 2.45) is 5.84 Å². The second kappa shape index (κ2) is 6.09. The number of nitrogens with one attached hydrogen (secondary N) is 1. The smallest absolute Gasteiger partial charge is 0.253 e. The minimum atomic E-state index is -0.0832. The van der Waals surface area contributed by atoms with Crippen molar-refractivity contribution in [2.45, 2.75) is 6.92 Å². The molecule has 0 saturated heterocycles. The Hall–Kier alpha value is -1.59. The number of anilines is 1. The Morgan fingerprint density at radius 1 is 1.44 bits per heavy atom. The number of hydrazine groups is 1. The third-order valence-electron chi connectivity index (χ3n) is 2.34. The van der Waals surface area contributed by atoms with E-state index < -0.39 is 0 Å². The fourth-order valence-corrected chi connectivity index (χ4v) is 1.42. The van der Waals surface area contributed by atoms with Crippen molar-refractivity contribution < 1.29 is 9.90 Å². The molecule has 1 amide bonds. The van der Waals surface area contributed by atoms with Gasteiger partial charge in [0.05, 0.1) is 6.61 Å². The first-order valence-electron chi connectivity index (χ1n) is 5.19. The summed E-state index contributed by atoms with van der Waals surface area (Å²) in [6.07, 6.45) is 0. The van der Waals surface area contributed by atoms with Crippen LogP contribution in [0, 0.1) is 0 Å². The molecule has 0 aliphatic carbocycles. The molecule has 0 heterocycles. The summed E-state index contributed by atoms with van der Waals surface area (Å²) in [4.78, 5) is 13.5. The highest BCUT2D eigenvalue weighted by Gasteiger charge is 2.12. The van der Waals surface area contributed by atoms with E-state index in [0.29, 0.717) is 18.7 Å². The molecule has 0 aliphatic heterocycles. The highest BCUT2D eigenvalue weighted by Crippen LogP contribution is 2.10. The van der Waals surface area contributed by atoms with Crippen molar-refractivity contribution in [3.8, 4) is 0 Å². The first-order valence-corrected chi connectivity index (χ1v) is 5.19. The van der Waals surface area contributed by atoms with Gasteiger partial charge in [-0.05, 0) is 31.2 Å². The van der Waals surface area contributed by atoms with Crippen LogP contribution >= 0.6 is 0 Å². The van der Waals surface area contributed by atoms with Gasteiger partial charge in [0.25, 0.3) is 5.91 Å². The van der Waals surface area contributed by atoms with Crippen molar-refractivity contribution in [2.75, 3.05) is 25.1 Å². The molecular weight excluding hydrogens is 206 g/mol. The Morgan fingerprint density at radius 3 is 2.50 bits per heavy atom. The molecule has 1 aromatic rings. The Morgan fingerprint density at radius 2 is 2.06 bits per heavy atom. The molecule has 0 fully saturated rings. The van der Waals surface area contributed by atoms with Gasteiger partial charge >= 0.3 is 0 Å². The number of carbonyl (C=O) groups excluding carboxylic acids is 1. The lowest BCUT2D eigenvalue weighted by Crippen LogP contribution is -2.33. The highest BCUT2D eigenvalue weighted by molar-refractivity contribution is 5.94. The van der Waals surface area contributed by atoms with Crippen LogP contribution < -0.4 is 11.3 Å². The summed E-state index contributed by atoms with van der Waals surface area (Å²) >= 11 is 0. The molecule has 0 bridgehead atoms. The Bertz CT molecular complexity index is 338. The minimum absolute atomic E-state index is 0.0258. The van der Waals surface area contributed by atoms with Crippen LogP contribution in [-0.4, -0.2) is 35.6 Å². The third-order valence-corrected chi connectivity index (χ3v) is 2.34. The van der Waals surface area contributed by atoms with Gasteiger partial charge in [0, 0.05) is 24.3 Å². The standard InChI is InChI=1S/C11H17N3O2/c1-2-14(7-8-15)11(16)9-3-5-10(13-12)6-4-9/h3-6,13,15H,2,7-8,12H2,1H3. The van der Waals surface area contributed by atoms with Gasteiger partial charge in [-0.1, -0.05) is 0 Å². The predicted octanol–water partition coefficient (Wildman–Crippen LogP) is 0.427. The molecule has 5 nitrogen and oxygen atoms in total. The van der Waals surface area contributed by atoms with E-state index in [0.717, 1.165) is 5.69 Å². The molecule has 5 heteroatoms. The molecule has 4 N–H and O–H groups in total. The number of benzene rings is 1. The van der Waals surface area contributed by atoms with Crippen LogP contribution in [-0.2, 0) is 0 Å². The SMILES string of the molecule is CCN(CCO)C(=O)c1ccc(NN)cc1. The van der Waals surface area contributed by atoms with Crippen molar-refractivity contribution in [3.63, 3.8) is 0 Å². The van der Waals surface area contributed by atoms with Gasteiger partial charge in [0.2, 0.25) is 0 Å². The lowest BCUT2D eigenvalue weighted by atomic mass is 10.2. The van der Waals surface area contributed by atoms with Gasteiger partial charge in [-0.25, -0.2) is 0 Å². The van der Waals surface area contributed by atoms with Crippen LogP contribution in [0.25, 0.3) is 0 Å². The number of hydrogen-bond donors (Lipinski definition) is 3. The molecule has 16 heavy (non-hydrogen) atoms. The summed E-state index contributed by atoms with van der Waals surface area (Å²) in [6.45, 7) is 2.79. The quantitative estimate of drug-likeness (QED) is 0.499. The van der Waals surface area contributed by atoms with Crippen LogP contribution in [0.1, 0.15) is 17.3 Å². The van der Waals surface area contributed by atoms with E-state index in [4.69, 9.17) is 10.9 Å². The van der Waals surface area contributed by atoms with Crippen LogP contribution in [0.4, 0.5) is 5.69 Å². The first-order chi connectivity index (χ1) is 7.72. The van der Waals surface area contributed by atoms with Gasteiger partial charge in [-0.3, -0.25) is 10.6 Å². The fraction of sp³-hybridized carbons (Fsp3) is 0.364. The lowest BCUT2D eigenvalue weighted by molar-refractivity contribution is 0.0732. The number of aliphatic hydroxyl groups excluding tert-OH is 1. The normalized spacial score (nSPS) is 9.94. The maximum Gasteiger partial charge on any atom is 0.253 e. The summed E-state index contributed by atoms with van der Waals surface area (Å²) in [5.41, 5.74) is 3.84. The highest BCUT2D eigenvalue weighted by atomic mass is 16.3. The molecule has 0 aliphatic rings. The van der Waals surface area contributed by atoms with Gasteiger partial charge < -0.3 is 15.4 Å². The van der Waals surface area contributed by atoms with Gasteiger partial charge in [0.1, 0.15) is 0 Å². The van der Waals surface area contributed by atoms with Gasteiger partial charge in [-0.2, -0.15) is 0 Å². The van der Waals surface area contributed by atoms with Crippen molar-refractivity contribution in [1.29, 1.82) is 0 Å². The summed E-state index contributed by atoms with van der Waals surface area (Å²) in [5, 5.41) is 8.83. The number of nitrogens with zero attached hydrogens (tertiary/aromatic N) is 1. The molecule has 0 aromatic heterocycles. The van der Waals surface area contributed by atoms with Crippen LogP contribution in [0.3, 0.4) is 0 Å². The maximum absolute atomic E-state index is 11.9. The lowest BCUT2D eigenvalue weighted by Gasteiger charge is -2.19. The number of amides is 1. The number of nitrogens with two attached hydrogens (primary N) is 1. The van der Waals surface area contributed by atoms with E-state index >= 15 is 0 Å². The molecule has 0 unspecified atom stereocenters. The topological polar surface area (TPSA) is 78.6 Å². The van der Waals surface area contributed by atoms with E-state index in [1.165, 1.54) is 0 Å². The zero-order chi connectivity index (χ0) is 12.0. The summed E-state index contributed by atoms with van der Waals surface area (Å²) < 4.78 is 0. The van der Waals surface area contributed by atoms with E-state index in [1.807, 2.05) is 6.92 Å². The molecule has 0 atom stereocenters. The van der Waals surface area contributed by atoms with Gasteiger partial charge in [0.15, 0.2) is 0 Å². The second-order valence-electron chi connectivity index (χ2n) is 3.33. The predicted molar refractivity (Wildman–Crippen MR) is 62.9 cm³/mol. The van der Waals surface area contributed by atoms with E-state index in [9.17, 15) is 4.79 Å². The average molecular weight is 223 g/mol. The van der Waals surface area contributed by atoms with Crippen molar-refractivity contribution in [1.82, 2.24) is 4.90 Å². The van der Waals surface area contributed by atoms with Crippen LogP contribution in [0.5, 0.6) is 0 Å². The number of carbonyl (C=O) groups is 1. The zero-order valence-corrected chi connectivity index (χ0v) is 9.31. The molecule has 88 valence electrons. The summed E-state index contributed by atoms with van der Waals surface area (Å²) in [6, 6.07) is 6.88. The van der Waals surface area contributed by atoms with Crippen LogP contribution in [0.15, 0.2) is 24.3 Å². The summed E-state index contributed by atoms with van der Waals surface area (Å²) in [7, 11) is 0. The van der Waals surface area contributed by atoms with E-state index in [1.54, 1.807) is 29.2 Å². The number of likely N-dealkylation sites (N-methyl/N-ethyl adjacent to an activating group) is 1. The van der Waals surface area contributed by atoms with Crippen LogP contribution in [0.2, 0.25) is 0 Å². The Labute approximate surface area is 94.8 Å². The number of nitrogen functional groups attached to an aromatic ring is 1. The average Bonchev–Trinajstić information content (AvgIpc) is 2.35. The molecule has 1 rings (SSSR count). The number of hydrogen-bond acceptors (Lipinski definition) is 4. The van der Waals surface area contributed by atoms with E-state index in [2.05, 4.69) is 5.43 Å². The molecule has 1 aromatic carbocycles. The van der Waals surface area contributed by atoms with Crippen molar-refractivity contribution in [3.05, 3.63) is 29.8 Å². The number of aliphatic hydroxyl groups is 1. The third kappa shape index (κ3) is 2.95. The second-order valence-corrected chi connectivity index (χ2v) is 3.33. The Kier molecular flexibility index (Phi) is 4.75. The molecule has 0 radical (unpaired) electrons. The van der Waals surface area contributed by atoms with Crippen molar-refractivity contribution >= 4 is 11.6 Å². The Balaban J connectivity index is 2.78. The molecular formula is C11H17N3O2. The summed E-state index contributed by atoms with van der Waals surface area (Å²) in [5.74, 6) is 5.15.